The van der Waals surface area contributed by atoms with Crippen LogP contribution in [0.1, 0.15) is 15.9 Å². The highest BCUT2D eigenvalue weighted by Gasteiger charge is 2.12. The van der Waals surface area contributed by atoms with E-state index in [1.54, 1.807) is 56.7 Å². The van der Waals surface area contributed by atoms with Crippen molar-refractivity contribution in [3.05, 3.63) is 82.9 Å². The van der Waals surface area contributed by atoms with Crippen LogP contribution in [0.2, 0.25) is 5.02 Å². The second-order valence-corrected chi connectivity index (χ2v) is 6.39. The van der Waals surface area contributed by atoms with E-state index >= 15 is 0 Å². The Balaban J connectivity index is 1.74. The first-order valence-electron chi connectivity index (χ1n) is 8.59. The summed E-state index contributed by atoms with van der Waals surface area (Å²) in [5, 5.41) is 3.39. The molecule has 0 aliphatic carbocycles. The lowest BCUT2D eigenvalue weighted by molar-refractivity contribution is 0.102. The second-order valence-electron chi connectivity index (χ2n) is 5.96. The van der Waals surface area contributed by atoms with Crippen LogP contribution in [0.25, 0.3) is 0 Å². The minimum absolute atomic E-state index is 0.240. The van der Waals surface area contributed by atoms with E-state index in [4.69, 9.17) is 25.8 Å². The number of carbonyl (C=O) groups is 1. The van der Waals surface area contributed by atoms with Gasteiger partial charge in [-0.05, 0) is 60.7 Å². The van der Waals surface area contributed by atoms with Crippen molar-refractivity contribution in [1.82, 2.24) is 0 Å². The van der Waals surface area contributed by atoms with Crippen LogP contribution in [0, 0.1) is 0 Å². The van der Waals surface area contributed by atoms with Gasteiger partial charge in [0.1, 0.15) is 23.9 Å². The maximum absolute atomic E-state index is 12.6. The monoisotopic (exact) mass is 397 g/mol. The van der Waals surface area contributed by atoms with Crippen LogP contribution in [-0.4, -0.2) is 20.1 Å². The average Bonchev–Trinajstić information content (AvgIpc) is 2.72. The maximum Gasteiger partial charge on any atom is 0.255 e. The summed E-state index contributed by atoms with van der Waals surface area (Å²) in [6, 6.07) is 19.5. The van der Waals surface area contributed by atoms with E-state index in [2.05, 4.69) is 5.32 Å². The van der Waals surface area contributed by atoms with Gasteiger partial charge in [0.25, 0.3) is 5.91 Å². The average molecular weight is 398 g/mol. The van der Waals surface area contributed by atoms with Gasteiger partial charge in [0.15, 0.2) is 0 Å². The van der Waals surface area contributed by atoms with Gasteiger partial charge in [-0.2, -0.15) is 0 Å². The molecule has 0 spiro atoms. The Bertz CT molecular complexity index is 957. The molecule has 0 saturated carbocycles. The maximum atomic E-state index is 12.6. The Hall–Kier alpha value is -3.18. The summed E-state index contributed by atoms with van der Waals surface area (Å²) in [6.45, 7) is 0.258. The third-order valence-corrected chi connectivity index (χ3v) is 4.31. The molecule has 28 heavy (non-hydrogen) atoms. The molecule has 0 heterocycles. The van der Waals surface area contributed by atoms with Crippen molar-refractivity contribution >= 4 is 23.2 Å². The van der Waals surface area contributed by atoms with Crippen molar-refractivity contribution in [1.29, 1.82) is 0 Å². The van der Waals surface area contributed by atoms with Crippen LogP contribution in [0.4, 0.5) is 5.69 Å². The minimum atomic E-state index is -0.240. The highest BCUT2D eigenvalue weighted by Crippen LogP contribution is 2.24. The summed E-state index contributed by atoms with van der Waals surface area (Å²) >= 11 is 5.97. The number of hydrogen-bond donors (Lipinski definition) is 1. The van der Waals surface area contributed by atoms with Crippen molar-refractivity contribution < 1.29 is 19.0 Å². The zero-order chi connectivity index (χ0) is 19.9. The number of hydrogen-bond acceptors (Lipinski definition) is 4. The van der Waals surface area contributed by atoms with Gasteiger partial charge in [-0.15, -0.1) is 0 Å². The van der Waals surface area contributed by atoms with Crippen LogP contribution in [0.3, 0.4) is 0 Å². The molecule has 6 heteroatoms. The highest BCUT2D eigenvalue weighted by molar-refractivity contribution is 6.30. The standard InChI is InChI=1S/C22H20ClNO4/c1-26-19-7-9-20(10-8-19)28-14-16-12-15(6-11-21(16)27-2)22(25)24-18-5-3-4-17(23)13-18/h3-13H,14H2,1-2H3,(H,24,25). The van der Waals surface area contributed by atoms with Crippen LogP contribution in [-0.2, 0) is 6.61 Å². The van der Waals surface area contributed by atoms with E-state index < -0.39 is 0 Å². The molecular weight excluding hydrogens is 378 g/mol. The van der Waals surface area contributed by atoms with Gasteiger partial charge in [0.2, 0.25) is 0 Å². The summed E-state index contributed by atoms with van der Waals surface area (Å²) < 4.78 is 16.3. The number of methoxy groups -OCH3 is 2. The number of amides is 1. The molecule has 144 valence electrons. The van der Waals surface area contributed by atoms with E-state index in [1.807, 2.05) is 24.3 Å². The Morgan fingerprint density at radius 3 is 2.36 bits per heavy atom. The highest BCUT2D eigenvalue weighted by atomic mass is 35.5. The Morgan fingerprint density at radius 2 is 1.68 bits per heavy atom. The minimum Gasteiger partial charge on any atom is -0.497 e. The van der Waals surface area contributed by atoms with Gasteiger partial charge in [0.05, 0.1) is 14.2 Å². The van der Waals surface area contributed by atoms with E-state index in [0.717, 1.165) is 11.3 Å². The number of halogens is 1. The molecule has 3 aromatic carbocycles. The SMILES string of the molecule is COc1ccc(OCc2cc(C(=O)Nc3cccc(Cl)c3)ccc2OC)cc1. The molecule has 0 atom stereocenters. The third kappa shape index (κ3) is 4.96. The molecule has 0 bridgehead atoms. The zero-order valence-corrected chi connectivity index (χ0v) is 16.3. The summed E-state index contributed by atoms with van der Waals surface area (Å²) in [4.78, 5) is 12.6. The summed E-state index contributed by atoms with van der Waals surface area (Å²) in [5.74, 6) is 1.85. The van der Waals surface area contributed by atoms with Crippen molar-refractivity contribution in [2.24, 2.45) is 0 Å². The van der Waals surface area contributed by atoms with Gasteiger partial charge in [-0.3, -0.25) is 4.79 Å². The third-order valence-electron chi connectivity index (χ3n) is 4.08. The van der Waals surface area contributed by atoms with E-state index in [-0.39, 0.29) is 12.5 Å². The van der Waals surface area contributed by atoms with E-state index in [0.29, 0.717) is 27.8 Å². The number of anilines is 1. The molecule has 0 saturated heterocycles. The lowest BCUT2D eigenvalue weighted by Crippen LogP contribution is -2.12. The molecule has 5 nitrogen and oxygen atoms in total. The van der Waals surface area contributed by atoms with Gasteiger partial charge >= 0.3 is 0 Å². The molecule has 0 aliphatic heterocycles. The largest absolute Gasteiger partial charge is 0.497 e. The van der Waals surface area contributed by atoms with Gasteiger partial charge in [-0.25, -0.2) is 0 Å². The fraction of sp³-hybridized carbons (Fsp3) is 0.136. The van der Waals surface area contributed by atoms with Crippen molar-refractivity contribution in [3.8, 4) is 17.2 Å². The summed E-state index contributed by atoms with van der Waals surface area (Å²) in [6.07, 6.45) is 0. The van der Waals surface area contributed by atoms with Crippen molar-refractivity contribution in [2.45, 2.75) is 6.61 Å². The predicted octanol–water partition coefficient (Wildman–Crippen LogP) is 5.19. The fourth-order valence-electron chi connectivity index (χ4n) is 2.64. The lowest BCUT2D eigenvalue weighted by Gasteiger charge is -2.13. The summed E-state index contributed by atoms with van der Waals surface area (Å²) in [5.41, 5.74) is 1.88. The van der Waals surface area contributed by atoms with Crippen LogP contribution in [0.5, 0.6) is 17.2 Å². The second kappa shape index (κ2) is 9.15. The van der Waals surface area contributed by atoms with E-state index in [9.17, 15) is 4.79 Å². The Morgan fingerprint density at radius 1 is 0.929 bits per heavy atom. The number of ether oxygens (including phenoxy) is 3. The van der Waals surface area contributed by atoms with Crippen LogP contribution in [0.15, 0.2) is 66.7 Å². The first-order chi connectivity index (χ1) is 13.6. The van der Waals surface area contributed by atoms with Gasteiger partial charge in [-0.1, -0.05) is 17.7 Å². The molecule has 3 aromatic rings. The molecule has 0 fully saturated rings. The molecule has 0 aromatic heterocycles. The van der Waals surface area contributed by atoms with Gasteiger partial charge < -0.3 is 19.5 Å². The molecule has 0 radical (unpaired) electrons. The van der Waals surface area contributed by atoms with E-state index in [1.165, 1.54) is 0 Å². The Kier molecular flexibility index (Phi) is 6.40. The number of benzene rings is 3. The van der Waals surface area contributed by atoms with Crippen LogP contribution >= 0.6 is 11.6 Å². The smallest absolute Gasteiger partial charge is 0.255 e. The molecule has 3 rings (SSSR count). The van der Waals surface area contributed by atoms with Crippen molar-refractivity contribution in [3.63, 3.8) is 0 Å². The quantitative estimate of drug-likeness (QED) is 0.596. The normalized spacial score (nSPS) is 10.2. The molecular formula is C22H20ClNO4. The molecule has 1 amide bonds. The van der Waals surface area contributed by atoms with Gasteiger partial charge in [0, 0.05) is 21.8 Å². The first-order valence-corrected chi connectivity index (χ1v) is 8.97. The molecule has 1 N–H and O–H groups in total. The molecule has 0 aliphatic rings. The fourth-order valence-corrected chi connectivity index (χ4v) is 2.83. The predicted molar refractivity (Wildman–Crippen MR) is 110 cm³/mol. The first kappa shape index (κ1) is 19.6. The van der Waals surface area contributed by atoms with Crippen molar-refractivity contribution in [2.75, 3.05) is 19.5 Å². The number of carbonyl (C=O) groups excluding carboxylic acids is 1. The topological polar surface area (TPSA) is 56.8 Å². The zero-order valence-electron chi connectivity index (χ0n) is 15.6. The number of nitrogens with one attached hydrogen (secondary N) is 1. The van der Waals surface area contributed by atoms with Crippen LogP contribution < -0.4 is 19.5 Å². The molecule has 0 unspecified atom stereocenters. The number of rotatable bonds is 7. The summed E-state index contributed by atoms with van der Waals surface area (Å²) in [7, 11) is 3.19. The lowest BCUT2D eigenvalue weighted by atomic mass is 10.1. The Labute approximate surface area is 168 Å².